The first-order chi connectivity index (χ1) is 9.63. The highest BCUT2D eigenvalue weighted by Gasteiger charge is 2.20. The van der Waals surface area contributed by atoms with Crippen molar-refractivity contribution in [1.29, 1.82) is 0 Å². The van der Waals surface area contributed by atoms with Gasteiger partial charge in [0.1, 0.15) is 6.04 Å². The van der Waals surface area contributed by atoms with Crippen molar-refractivity contribution in [1.82, 2.24) is 10.6 Å². The van der Waals surface area contributed by atoms with Crippen molar-refractivity contribution in [2.75, 3.05) is 6.54 Å². The second-order valence-electron chi connectivity index (χ2n) is 4.66. The molecule has 0 fully saturated rings. The van der Waals surface area contributed by atoms with Crippen LogP contribution in [0.25, 0.3) is 0 Å². The maximum atomic E-state index is 11.6. The predicted molar refractivity (Wildman–Crippen MR) is 77.2 cm³/mol. The van der Waals surface area contributed by atoms with Crippen molar-refractivity contribution in [3.8, 4) is 0 Å². The quantitative estimate of drug-likeness (QED) is 0.599. The number of rotatable bonds is 9. The Morgan fingerprint density at radius 3 is 2.55 bits per heavy atom. The van der Waals surface area contributed by atoms with Crippen LogP contribution in [0.4, 0.5) is 0 Å². The van der Waals surface area contributed by atoms with Gasteiger partial charge in [0.05, 0.1) is 6.42 Å². The highest BCUT2D eigenvalue weighted by Crippen LogP contribution is 2.00. The summed E-state index contributed by atoms with van der Waals surface area (Å²) in [7, 11) is 0. The third-order valence-corrected chi connectivity index (χ3v) is 2.94. The molecular weight excluding hydrogens is 256 g/mol. The van der Waals surface area contributed by atoms with E-state index in [4.69, 9.17) is 5.11 Å². The summed E-state index contributed by atoms with van der Waals surface area (Å²) in [6, 6.07) is 8.64. The third kappa shape index (κ3) is 6.33. The van der Waals surface area contributed by atoms with Crippen molar-refractivity contribution in [3.63, 3.8) is 0 Å². The standard InChI is InChI=1S/C15H22N2O3/c1-2-3-9-16-14(18)10-13(15(19)20)17-11-12-7-5-4-6-8-12/h4-8,13,17H,2-3,9-11H2,1H3,(H,16,18)(H,19,20)/t13-/m0/s1. The largest absolute Gasteiger partial charge is 0.480 e. The SMILES string of the molecule is CCCCNC(=O)C[C@H](NCc1ccccc1)C(=O)O. The minimum atomic E-state index is -1.01. The summed E-state index contributed by atoms with van der Waals surface area (Å²) in [5.74, 6) is -1.24. The first-order valence-corrected chi connectivity index (χ1v) is 6.90. The van der Waals surface area contributed by atoms with Gasteiger partial charge in [-0.1, -0.05) is 43.7 Å². The minimum absolute atomic E-state index is 0.0497. The molecule has 110 valence electrons. The highest BCUT2D eigenvalue weighted by molar-refractivity contribution is 5.84. The number of unbranched alkanes of at least 4 members (excludes halogenated alkanes) is 1. The van der Waals surface area contributed by atoms with Gasteiger partial charge in [-0.3, -0.25) is 14.9 Å². The predicted octanol–water partition coefficient (Wildman–Crippen LogP) is 1.54. The van der Waals surface area contributed by atoms with Crippen molar-refractivity contribution in [2.45, 2.75) is 38.8 Å². The summed E-state index contributed by atoms with van der Waals surface area (Å²) in [6.45, 7) is 3.06. The molecule has 1 atom stereocenters. The number of nitrogens with one attached hydrogen (secondary N) is 2. The number of hydrogen-bond donors (Lipinski definition) is 3. The molecule has 0 spiro atoms. The van der Waals surface area contributed by atoms with Crippen LogP contribution in [0.2, 0.25) is 0 Å². The number of amides is 1. The first kappa shape index (κ1) is 16.2. The lowest BCUT2D eigenvalue weighted by Crippen LogP contribution is -2.41. The Morgan fingerprint density at radius 2 is 1.95 bits per heavy atom. The monoisotopic (exact) mass is 278 g/mol. The molecule has 1 aromatic rings. The van der Waals surface area contributed by atoms with Crippen LogP contribution in [0, 0.1) is 0 Å². The summed E-state index contributed by atoms with van der Waals surface area (Å²) < 4.78 is 0. The van der Waals surface area contributed by atoms with Gasteiger partial charge >= 0.3 is 5.97 Å². The molecule has 5 heteroatoms. The van der Waals surface area contributed by atoms with E-state index in [1.807, 2.05) is 37.3 Å². The zero-order chi connectivity index (χ0) is 14.8. The Morgan fingerprint density at radius 1 is 1.25 bits per heavy atom. The van der Waals surface area contributed by atoms with Crippen molar-refractivity contribution in [2.24, 2.45) is 0 Å². The van der Waals surface area contributed by atoms with Gasteiger partial charge in [-0.2, -0.15) is 0 Å². The van der Waals surface area contributed by atoms with E-state index in [1.54, 1.807) is 0 Å². The normalized spacial score (nSPS) is 11.8. The summed E-state index contributed by atoms with van der Waals surface area (Å²) in [5.41, 5.74) is 0.991. The second kappa shape index (κ2) is 9.09. The Hall–Kier alpha value is -1.88. The maximum Gasteiger partial charge on any atom is 0.321 e. The van der Waals surface area contributed by atoms with Crippen LogP contribution >= 0.6 is 0 Å². The molecule has 0 aliphatic rings. The average molecular weight is 278 g/mol. The zero-order valence-electron chi connectivity index (χ0n) is 11.8. The fourth-order valence-corrected chi connectivity index (χ4v) is 1.75. The van der Waals surface area contributed by atoms with Crippen LogP contribution in [0.15, 0.2) is 30.3 Å². The molecule has 20 heavy (non-hydrogen) atoms. The van der Waals surface area contributed by atoms with Crippen LogP contribution < -0.4 is 10.6 Å². The van der Waals surface area contributed by atoms with Gasteiger partial charge in [0.15, 0.2) is 0 Å². The van der Waals surface area contributed by atoms with Crippen LogP contribution in [-0.2, 0) is 16.1 Å². The van der Waals surface area contributed by atoms with Gasteiger partial charge in [-0.05, 0) is 12.0 Å². The molecule has 5 nitrogen and oxygen atoms in total. The molecule has 0 aromatic heterocycles. The van der Waals surface area contributed by atoms with E-state index in [0.29, 0.717) is 13.1 Å². The first-order valence-electron chi connectivity index (χ1n) is 6.90. The molecule has 1 aromatic carbocycles. The van der Waals surface area contributed by atoms with Gasteiger partial charge in [0.2, 0.25) is 5.91 Å². The lowest BCUT2D eigenvalue weighted by atomic mass is 10.1. The Labute approximate surface area is 119 Å². The molecule has 0 radical (unpaired) electrons. The lowest BCUT2D eigenvalue weighted by Gasteiger charge is -2.14. The van der Waals surface area contributed by atoms with Gasteiger partial charge < -0.3 is 10.4 Å². The third-order valence-electron chi connectivity index (χ3n) is 2.94. The molecule has 0 saturated carbocycles. The van der Waals surface area contributed by atoms with E-state index in [0.717, 1.165) is 18.4 Å². The summed E-state index contributed by atoms with van der Waals surface area (Å²) in [4.78, 5) is 22.8. The zero-order valence-corrected chi connectivity index (χ0v) is 11.8. The Bertz CT molecular complexity index is 420. The summed E-state index contributed by atoms with van der Waals surface area (Å²) in [5, 5.41) is 14.8. The number of carbonyl (C=O) groups is 2. The number of carbonyl (C=O) groups excluding carboxylic acids is 1. The van der Waals surface area contributed by atoms with Crippen LogP contribution in [0.5, 0.6) is 0 Å². The van der Waals surface area contributed by atoms with Crippen LogP contribution in [-0.4, -0.2) is 29.6 Å². The number of hydrogen-bond acceptors (Lipinski definition) is 3. The second-order valence-corrected chi connectivity index (χ2v) is 4.66. The highest BCUT2D eigenvalue weighted by atomic mass is 16.4. The molecule has 0 aliphatic carbocycles. The molecule has 0 unspecified atom stereocenters. The molecular formula is C15H22N2O3. The Balaban J connectivity index is 2.40. The summed E-state index contributed by atoms with van der Waals surface area (Å²) >= 11 is 0. The van der Waals surface area contributed by atoms with Gasteiger partial charge in [-0.25, -0.2) is 0 Å². The van der Waals surface area contributed by atoms with E-state index >= 15 is 0 Å². The number of carboxylic acid groups (broad SMARTS) is 1. The van der Waals surface area contributed by atoms with Gasteiger partial charge in [0, 0.05) is 13.1 Å². The molecule has 0 heterocycles. The summed E-state index contributed by atoms with van der Waals surface area (Å²) in [6.07, 6.45) is 1.85. The van der Waals surface area contributed by atoms with Crippen molar-refractivity contribution < 1.29 is 14.7 Å². The average Bonchev–Trinajstić information content (AvgIpc) is 2.44. The maximum absolute atomic E-state index is 11.6. The van der Waals surface area contributed by atoms with E-state index in [2.05, 4.69) is 10.6 Å². The van der Waals surface area contributed by atoms with Gasteiger partial charge in [-0.15, -0.1) is 0 Å². The molecule has 3 N–H and O–H groups in total. The fraction of sp³-hybridized carbons (Fsp3) is 0.467. The van der Waals surface area contributed by atoms with Crippen LogP contribution in [0.3, 0.4) is 0 Å². The van der Waals surface area contributed by atoms with Crippen molar-refractivity contribution >= 4 is 11.9 Å². The molecule has 1 amide bonds. The van der Waals surface area contributed by atoms with E-state index in [-0.39, 0.29) is 12.3 Å². The fourth-order valence-electron chi connectivity index (χ4n) is 1.75. The number of aliphatic carboxylic acids is 1. The minimum Gasteiger partial charge on any atom is -0.480 e. The number of benzene rings is 1. The lowest BCUT2D eigenvalue weighted by molar-refractivity contribution is -0.141. The molecule has 0 bridgehead atoms. The van der Waals surface area contributed by atoms with E-state index in [1.165, 1.54) is 0 Å². The topological polar surface area (TPSA) is 78.4 Å². The van der Waals surface area contributed by atoms with E-state index < -0.39 is 12.0 Å². The molecule has 0 saturated heterocycles. The van der Waals surface area contributed by atoms with Crippen molar-refractivity contribution in [3.05, 3.63) is 35.9 Å². The molecule has 0 aliphatic heterocycles. The number of carboxylic acids is 1. The van der Waals surface area contributed by atoms with Crippen LogP contribution in [0.1, 0.15) is 31.7 Å². The smallest absolute Gasteiger partial charge is 0.321 e. The Kier molecular flexibility index (Phi) is 7.35. The molecule has 1 rings (SSSR count). The van der Waals surface area contributed by atoms with E-state index in [9.17, 15) is 9.59 Å². The van der Waals surface area contributed by atoms with Gasteiger partial charge in [0.25, 0.3) is 0 Å².